The van der Waals surface area contributed by atoms with Gasteiger partial charge in [0.1, 0.15) is 12.2 Å². The Morgan fingerprint density at radius 3 is 2.47 bits per heavy atom. The Kier molecular flexibility index (Phi) is 4.18. The van der Waals surface area contributed by atoms with Crippen LogP contribution in [0.15, 0.2) is 12.4 Å². The highest BCUT2D eigenvalue weighted by Gasteiger charge is 2.27. The quantitative estimate of drug-likeness (QED) is 0.762. The zero-order chi connectivity index (χ0) is 13.1. The predicted molar refractivity (Wildman–Crippen MR) is 61.8 cm³/mol. The van der Waals surface area contributed by atoms with Crippen LogP contribution in [0.1, 0.15) is 25.2 Å². The van der Waals surface area contributed by atoms with Gasteiger partial charge in [-0.3, -0.25) is 14.2 Å². The molecule has 1 rings (SSSR count). The highest BCUT2D eigenvalue weighted by atomic mass is 32.2. The molecule has 1 N–H and O–H groups in total. The smallest absolute Gasteiger partial charge is 0.264 e. The van der Waals surface area contributed by atoms with E-state index >= 15 is 0 Å². The molecule has 0 saturated heterocycles. The molecule has 0 bridgehead atoms. The van der Waals surface area contributed by atoms with Crippen molar-refractivity contribution in [2.24, 2.45) is 0 Å². The molecule has 96 valence electrons. The summed E-state index contributed by atoms with van der Waals surface area (Å²) in [6, 6.07) is 0. The van der Waals surface area contributed by atoms with E-state index < -0.39 is 15.7 Å². The van der Waals surface area contributed by atoms with Crippen LogP contribution < -0.4 is 0 Å². The Labute approximate surface area is 101 Å². The van der Waals surface area contributed by atoms with Crippen LogP contribution in [-0.4, -0.2) is 36.4 Å². The third-order valence-corrected chi connectivity index (χ3v) is 2.72. The second kappa shape index (κ2) is 5.07. The average Bonchev–Trinajstić information content (AvgIpc) is 2.26. The fraction of sp³-hybridized carbons (Fsp3) is 0.600. The van der Waals surface area contributed by atoms with Crippen LogP contribution in [0.4, 0.5) is 0 Å². The maximum atomic E-state index is 10.8. The average molecular weight is 260 g/mol. The van der Waals surface area contributed by atoms with E-state index in [1.54, 1.807) is 6.20 Å². The van der Waals surface area contributed by atoms with Gasteiger partial charge in [-0.25, -0.2) is 0 Å². The summed E-state index contributed by atoms with van der Waals surface area (Å²) < 4.78 is 26.2. The zero-order valence-corrected chi connectivity index (χ0v) is 10.9. The molecule has 0 radical (unpaired) electrons. The fourth-order valence-corrected chi connectivity index (χ4v) is 1.55. The first kappa shape index (κ1) is 14.0. The fourth-order valence-electron chi connectivity index (χ4n) is 1.11. The Morgan fingerprint density at radius 2 is 2.06 bits per heavy atom. The summed E-state index contributed by atoms with van der Waals surface area (Å²) in [5.41, 5.74) is -0.408. The molecule has 0 aromatic carbocycles. The summed E-state index contributed by atoms with van der Waals surface area (Å²) in [5.74, 6) is 0. The van der Waals surface area contributed by atoms with Gasteiger partial charge in [0.2, 0.25) is 0 Å². The highest BCUT2D eigenvalue weighted by molar-refractivity contribution is 7.85. The summed E-state index contributed by atoms with van der Waals surface area (Å²) in [6.07, 6.45) is 4.64. The van der Waals surface area contributed by atoms with Crippen LogP contribution >= 0.6 is 0 Å². The van der Waals surface area contributed by atoms with Crippen molar-refractivity contribution in [1.82, 2.24) is 9.97 Å². The van der Waals surface area contributed by atoms with Crippen molar-refractivity contribution < 1.29 is 17.7 Å². The molecule has 0 unspecified atom stereocenters. The molecule has 1 aromatic heterocycles. The van der Waals surface area contributed by atoms with Crippen LogP contribution in [-0.2, 0) is 26.3 Å². The number of rotatable bonds is 5. The van der Waals surface area contributed by atoms with Gasteiger partial charge in [-0.15, -0.1) is 0 Å². The van der Waals surface area contributed by atoms with Crippen LogP contribution in [0.25, 0.3) is 0 Å². The van der Waals surface area contributed by atoms with E-state index in [2.05, 4.69) is 14.2 Å². The van der Waals surface area contributed by atoms with Crippen molar-refractivity contribution in [3.05, 3.63) is 23.8 Å². The minimum Gasteiger partial charge on any atom is -0.381 e. The molecular weight excluding hydrogens is 244 g/mol. The van der Waals surface area contributed by atoms with Crippen molar-refractivity contribution in [1.29, 1.82) is 0 Å². The van der Waals surface area contributed by atoms with Crippen LogP contribution in [0.5, 0.6) is 0 Å². The lowest BCUT2D eigenvalue weighted by atomic mass is 10.0. The molecule has 1 aromatic rings. The molecule has 1 heterocycles. The first-order chi connectivity index (χ1) is 7.74. The molecule has 6 nitrogen and oxygen atoms in total. The number of aromatic nitrogens is 2. The monoisotopic (exact) mass is 260 g/mol. The van der Waals surface area contributed by atoms with E-state index in [0.29, 0.717) is 0 Å². The van der Waals surface area contributed by atoms with Gasteiger partial charge in [0.25, 0.3) is 10.1 Å². The number of hydrogen-bond acceptors (Lipinski definition) is 6. The summed E-state index contributed by atoms with van der Waals surface area (Å²) in [4.78, 5) is 8.11. The normalized spacial score (nSPS) is 15.5. The van der Waals surface area contributed by atoms with Gasteiger partial charge in [0.15, 0.2) is 0 Å². The third kappa shape index (κ3) is 4.37. The topological polar surface area (TPSA) is 89.4 Å². The van der Waals surface area contributed by atoms with Crippen molar-refractivity contribution in [2.75, 3.05) is 12.9 Å². The van der Waals surface area contributed by atoms with Crippen molar-refractivity contribution in [2.45, 2.75) is 25.9 Å². The van der Waals surface area contributed by atoms with Gasteiger partial charge in [-0.1, -0.05) is 6.92 Å². The van der Waals surface area contributed by atoms with Crippen molar-refractivity contribution in [3.63, 3.8) is 0 Å². The summed E-state index contributed by atoms with van der Waals surface area (Å²) >= 11 is 0. The molecular formula is C10H16N2O4S. The van der Waals surface area contributed by atoms with Gasteiger partial charge in [-0.05, 0) is 13.3 Å². The molecule has 0 fully saturated rings. The van der Waals surface area contributed by atoms with E-state index in [1.165, 1.54) is 13.1 Å². The first-order valence-electron chi connectivity index (χ1n) is 5.13. The lowest BCUT2D eigenvalue weighted by Gasteiger charge is -2.21. The van der Waals surface area contributed by atoms with Crippen LogP contribution in [0, 0.1) is 0 Å². The molecule has 0 aliphatic heterocycles. The Morgan fingerprint density at radius 1 is 1.41 bits per heavy atom. The SMILES string of the molecule is CCc1cnc([C@](C)(O)COS(C)(=O)=O)cn1. The van der Waals surface area contributed by atoms with Gasteiger partial charge >= 0.3 is 0 Å². The second-order valence-electron chi connectivity index (χ2n) is 3.99. The number of hydrogen-bond donors (Lipinski definition) is 1. The standard InChI is InChI=1S/C10H16N2O4S/c1-4-8-5-12-9(6-11-8)10(2,13)7-16-17(3,14)15/h5-6,13H,4,7H2,1-3H3/t10-/m1/s1. The molecule has 7 heteroatoms. The predicted octanol–water partition coefficient (Wildman–Crippen LogP) is 0.223. The third-order valence-electron chi connectivity index (χ3n) is 2.17. The van der Waals surface area contributed by atoms with E-state index in [4.69, 9.17) is 0 Å². The molecule has 0 aliphatic carbocycles. The van der Waals surface area contributed by atoms with Gasteiger partial charge < -0.3 is 5.11 Å². The summed E-state index contributed by atoms with van der Waals surface area (Å²) in [7, 11) is -3.59. The summed E-state index contributed by atoms with van der Waals surface area (Å²) in [6.45, 7) is 2.98. The Balaban J connectivity index is 2.81. The van der Waals surface area contributed by atoms with Crippen LogP contribution in [0.3, 0.4) is 0 Å². The molecule has 1 atom stereocenters. The maximum absolute atomic E-state index is 10.8. The lowest BCUT2D eigenvalue weighted by Crippen LogP contribution is -2.30. The number of aryl methyl sites for hydroxylation is 1. The van der Waals surface area contributed by atoms with E-state index in [0.717, 1.165) is 18.4 Å². The van der Waals surface area contributed by atoms with E-state index in [9.17, 15) is 13.5 Å². The molecule has 0 amide bonds. The Hall–Kier alpha value is -1.05. The van der Waals surface area contributed by atoms with Gasteiger partial charge in [0.05, 0.1) is 23.8 Å². The van der Waals surface area contributed by atoms with Gasteiger partial charge in [0, 0.05) is 6.20 Å². The first-order valence-corrected chi connectivity index (χ1v) is 6.94. The molecule has 0 spiro atoms. The zero-order valence-electron chi connectivity index (χ0n) is 10.0. The van der Waals surface area contributed by atoms with E-state index in [-0.39, 0.29) is 12.3 Å². The number of nitrogens with zero attached hydrogens (tertiary/aromatic N) is 2. The number of aliphatic hydroxyl groups is 1. The molecule has 0 saturated carbocycles. The van der Waals surface area contributed by atoms with E-state index in [1.807, 2.05) is 6.92 Å². The Bertz CT molecular complexity index is 468. The lowest BCUT2D eigenvalue weighted by molar-refractivity contribution is 0.00596. The van der Waals surface area contributed by atoms with Gasteiger partial charge in [-0.2, -0.15) is 8.42 Å². The highest BCUT2D eigenvalue weighted by Crippen LogP contribution is 2.18. The second-order valence-corrected chi connectivity index (χ2v) is 5.63. The minimum absolute atomic E-state index is 0.276. The van der Waals surface area contributed by atoms with Crippen molar-refractivity contribution in [3.8, 4) is 0 Å². The maximum Gasteiger partial charge on any atom is 0.264 e. The largest absolute Gasteiger partial charge is 0.381 e. The molecule has 17 heavy (non-hydrogen) atoms. The molecule has 0 aliphatic rings. The van der Waals surface area contributed by atoms with Crippen LogP contribution in [0.2, 0.25) is 0 Å². The minimum atomic E-state index is -3.59. The van der Waals surface area contributed by atoms with Crippen molar-refractivity contribution >= 4 is 10.1 Å². The summed E-state index contributed by atoms with van der Waals surface area (Å²) in [5, 5.41) is 10.0.